The van der Waals surface area contributed by atoms with Gasteiger partial charge in [-0.1, -0.05) is 18.2 Å². The predicted octanol–water partition coefficient (Wildman–Crippen LogP) is 3.36. The van der Waals surface area contributed by atoms with Crippen molar-refractivity contribution in [3.63, 3.8) is 0 Å². The summed E-state index contributed by atoms with van der Waals surface area (Å²) < 4.78 is 0. The smallest absolute Gasteiger partial charge is 0.0929 e. The summed E-state index contributed by atoms with van der Waals surface area (Å²) in [6.07, 6.45) is 2.35. The molecular formula is C13H18Cl3N3. The number of rotatable bonds is 1. The van der Waals surface area contributed by atoms with Gasteiger partial charge in [-0.25, -0.2) is 0 Å². The Labute approximate surface area is 131 Å². The van der Waals surface area contributed by atoms with Crippen molar-refractivity contribution in [1.29, 1.82) is 0 Å². The van der Waals surface area contributed by atoms with E-state index in [0.29, 0.717) is 5.92 Å². The maximum Gasteiger partial charge on any atom is 0.0929 e. The maximum absolute atomic E-state index is 4.35. The summed E-state index contributed by atoms with van der Waals surface area (Å²) in [5, 5.41) is 13.2. The van der Waals surface area contributed by atoms with Gasteiger partial charge in [-0.2, -0.15) is 10.2 Å². The van der Waals surface area contributed by atoms with Crippen molar-refractivity contribution in [2.75, 3.05) is 13.1 Å². The molecule has 6 heteroatoms. The number of piperidine rings is 1. The lowest BCUT2D eigenvalue weighted by atomic mass is 9.94. The van der Waals surface area contributed by atoms with Gasteiger partial charge in [-0.3, -0.25) is 0 Å². The van der Waals surface area contributed by atoms with E-state index >= 15 is 0 Å². The van der Waals surface area contributed by atoms with Crippen molar-refractivity contribution < 1.29 is 0 Å². The van der Waals surface area contributed by atoms with E-state index in [1.165, 1.54) is 18.2 Å². The zero-order valence-corrected chi connectivity index (χ0v) is 12.9. The van der Waals surface area contributed by atoms with Crippen LogP contribution in [0.25, 0.3) is 10.9 Å². The van der Waals surface area contributed by atoms with Crippen LogP contribution in [0, 0.1) is 0 Å². The second kappa shape index (κ2) is 8.54. The molecule has 19 heavy (non-hydrogen) atoms. The lowest BCUT2D eigenvalue weighted by molar-refractivity contribution is 0.451. The van der Waals surface area contributed by atoms with Gasteiger partial charge in [-0.15, -0.1) is 37.2 Å². The quantitative estimate of drug-likeness (QED) is 0.875. The topological polar surface area (TPSA) is 37.8 Å². The van der Waals surface area contributed by atoms with E-state index in [2.05, 4.69) is 33.7 Å². The van der Waals surface area contributed by atoms with Crippen LogP contribution in [0.5, 0.6) is 0 Å². The molecule has 1 aromatic carbocycles. The Morgan fingerprint density at radius 3 is 2.37 bits per heavy atom. The highest BCUT2D eigenvalue weighted by Crippen LogP contribution is 2.24. The van der Waals surface area contributed by atoms with Crippen LogP contribution in [-0.2, 0) is 0 Å². The van der Waals surface area contributed by atoms with Crippen LogP contribution in [0.3, 0.4) is 0 Å². The highest BCUT2D eigenvalue weighted by atomic mass is 35.5. The van der Waals surface area contributed by atoms with E-state index in [1.54, 1.807) is 0 Å². The molecule has 106 valence electrons. The Hall–Kier alpha value is -0.610. The Morgan fingerprint density at radius 2 is 1.63 bits per heavy atom. The van der Waals surface area contributed by atoms with Crippen LogP contribution in [0.2, 0.25) is 0 Å². The third-order valence-corrected chi connectivity index (χ3v) is 3.27. The van der Waals surface area contributed by atoms with Gasteiger partial charge in [0.25, 0.3) is 0 Å². The number of aromatic nitrogens is 2. The average Bonchev–Trinajstić information content (AvgIpc) is 2.39. The van der Waals surface area contributed by atoms with Gasteiger partial charge in [0.15, 0.2) is 0 Å². The fourth-order valence-electron chi connectivity index (χ4n) is 2.32. The molecule has 3 rings (SSSR count). The van der Waals surface area contributed by atoms with Gasteiger partial charge in [0.2, 0.25) is 0 Å². The molecule has 0 spiro atoms. The van der Waals surface area contributed by atoms with Crippen LogP contribution in [0.4, 0.5) is 0 Å². The predicted molar refractivity (Wildman–Crippen MR) is 86.1 cm³/mol. The molecule has 1 N–H and O–H groups in total. The second-order valence-electron chi connectivity index (χ2n) is 4.35. The molecule has 1 aliphatic heterocycles. The van der Waals surface area contributed by atoms with Gasteiger partial charge >= 0.3 is 0 Å². The first-order valence-electron chi connectivity index (χ1n) is 5.86. The Bertz CT molecular complexity index is 501. The Balaban J connectivity index is 0.00000108. The molecule has 0 atom stereocenters. The van der Waals surface area contributed by atoms with E-state index in [1.807, 2.05) is 12.1 Å². The molecule has 0 unspecified atom stereocenters. The fraction of sp³-hybridized carbons (Fsp3) is 0.385. The number of benzene rings is 1. The zero-order chi connectivity index (χ0) is 10.8. The molecule has 1 fully saturated rings. The lowest BCUT2D eigenvalue weighted by Crippen LogP contribution is -2.27. The molecule has 0 saturated carbocycles. The molecule has 1 saturated heterocycles. The maximum atomic E-state index is 4.35. The minimum Gasteiger partial charge on any atom is -0.317 e. The summed E-state index contributed by atoms with van der Waals surface area (Å²) in [5.74, 6) is 0.582. The van der Waals surface area contributed by atoms with Crippen molar-refractivity contribution >= 4 is 48.1 Å². The summed E-state index contributed by atoms with van der Waals surface area (Å²) >= 11 is 0. The van der Waals surface area contributed by atoms with Gasteiger partial charge in [0.1, 0.15) is 0 Å². The first-order valence-corrected chi connectivity index (χ1v) is 5.86. The minimum atomic E-state index is 0. The first-order chi connectivity index (χ1) is 7.93. The molecule has 0 aliphatic carbocycles. The average molecular weight is 323 g/mol. The molecule has 3 nitrogen and oxygen atoms in total. The first kappa shape index (κ1) is 18.4. The molecule has 1 aromatic heterocycles. The van der Waals surface area contributed by atoms with E-state index < -0.39 is 0 Å². The summed E-state index contributed by atoms with van der Waals surface area (Å²) in [7, 11) is 0. The van der Waals surface area contributed by atoms with Gasteiger partial charge in [0.05, 0.1) is 11.2 Å². The Kier molecular flexibility index (Phi) is 8.26. The zero-order valence-electron chi connectivity index (χ0n) is 10.4. The highest BCUT2D eigenvalue weighted by Gasteiger charge is 2.16. The molecule has 0 amide bonds. The molecule has 2 heterocycles. The van der Waals surface area contributed by atoms with Crippen LogP contribution >= 0.6 is 37.2 Å². The van der Waals surface area contributed by atoms with E-state index in [9.17, 15) is 0 Å². The van der Waals surface area contributed by atoms with Gasteiger partial charge < -0.3 is 5.32 Å². The van der Waals surface area contributed by atoms with Crippen molar-refractivity contribution in [2.24, 2.45) is 0 Å². The lowest BCUT2D eigenvalue weighted by Gasteiger charge is -2.21. The summed E-state index contributed by atoms with van der Waals surface area (Å²) in [4.78, 5) is 0. The van der Waals surface area contributed by atoms with Crippen LogP contribution < -0.4 is 5.32 Å². The van der Waals surface area contributed by atoms with Crippen LogP contribution in [0.15, 0.2) is 30.3 Å². The molecule has 2 aromatic rings. The number of hydrogen-bond donors (Lipinski definition) is 1. The second-order valence-corrected chi connectivity index (χ2v) is 4.35. The van der Waals surface area contributed by atoms with Gasteiger partial charge in [0, 0.05) is 11.3 Å². The van der Waals surface area contributed by atoms with E-state index in [4.69, 9.17) is 0 Å². The standard InChI is InChI=1S/C13H15N3.3ClH/c1-2-4-12-11(3-1)9-13(16-15-12)10-5-7-14-8-6-10;;;/h1-4,9-10,14H,5-8H2;3*1H. The van der Waals surface area contributed by atoms with E-state index in [-0.39, 0.29) is 37.2 Å². The number of nitrogens with zero attached hydrogens (tertiary/aromatic N) is 2. The van der Waals surface area contributed by atoms with Crippen molar-refractivity contribution in [3.8, 4) is 0 Å². The molecule has 0 bridgehead atoms. The van der Waals surface area contributed by atoms with Crippen LogP contribution in [0.1, 0.15) is 24.5 Å². The van der Waals surface area contributed by atoms with Crippen molar-refractivity contribution in [3.05, 3.63) is 36.0 Å². The molecular weight excluding hydrogens is 305 g/mol. The van der Waals surface area contributed by atoms with E-state index in [0.717, 1.165) is 24.3 Å². The number of fused-ring (bicyclic) bond motifs is 1. The fourth-order valence-corrected chi connectivity index (χ4v) is 2.32. The summed E-state index contributed by atoms with van der Waals surface area (Å²) in [6, 6.07) is 10.4. The minimum absolute atomic E-state index is 0. The third-order valence-electron chi connectivity index (χ3n) is 3.27. The number of hydrogen-bond acceptors (Lipinski definition) is 3. The Morgan fingerprint density at radius 1 is 0.947 bits per heavy atom. The summed E-state index contributed by atoms with van der Waals surface area (Å²) in [6.45, 7) is 2.19. The SMILES string of the molecule is Cl.Cl.Cl.c1ccc2nnc(C3CCNCC3)cc2c1. The van der Waals surface area contributed by atoms with Crippen molar-refractivity contribution in [1.82, 2.24) is 15.5 Å². The number of halogens is 3. The van der Waals surface area contributed by atoms with Gasteiger partial charge in [-0.05, 0) is 38.1 Å². The summed E-state index contributed by atoms with van der Waals surface area (Å²) in [5.41, 5.74) is 2.14. The highest BCUT2D eigenvalue weighted by molar-refractivity contribution is 5.86. The molecule has 1 aliphatic rings. The van der Waals surface area contributed by atoms with Crippen LogP contribution in [-0.4, -0.2) is 23.3 Å². The largest absolute Gasteiger partial charge is 0.317 e. The third kappa shape index (κ3) is 4.18. The molecule has 0 radical (unpaired) electrons. The number of nitrogens with one attached hydrogen (secondary N) is 1. The normalized spacial score (nSPS) is 14.9. The van der Waals surface area contributed by atoms with Crippen molar-refractivity contribution in [2.45, 2.75) is 18.8 Å². The monoisotopic (exact) mass is 321 g/mol.